The minimum Gasteiger partial charge on any atom is -0.616 e. The van der Waals surface area contributed by atoms with E-state index < -0.39 is 34.2 Å². The summed E-state index contributed by atoms with van der Waals surface area (Å²) in [7, 11) is 1.86. The van der Waals surface area contributed by atoms with Gasteiger partial charge in [0.2, 0.25) is 0 Å². The fourth-order valence-electron chi connectivity index (χ4n) is 6.42. The lowest BCUT2D eigenvalue weighted by Crippen LogP contribution is -2.50. The highest BCUT2D eigenvalue weighted by Gasteiger charge is 2.54. The van der Waals surface area contributed by atoms with Crippen molar-refractivity contribution in [2.24, 2.45) is 7.05 Å². The number of amides is 1. The first-order valence-corrected chi connectivity index (χ1v) is 15.1. The molecule has 0 spiro atoms. The second-order valence-corrected chi connectivity index (χ2v) is 13.4. The Balaban J connectivity index is 1.34. The van der Waals surface area contributed by atoms with E-state index in [0.29, 0.717) is 24.1 Å². The molecule has 212 valence electrons. The lowest BCUT2D eigenvalue weighted by molar-refractivity contribution is -0.138. The van der Waals surface area contributed by atoms with Crippen LogP contribution in [0.25, 0.3) is 0 Å². The lowest BCUT2D eigenvalue weighted by Gasteiger charge is -2.46. The minimum atomic E-state index is -4.58. The van der Waals surface area contributed by atoms with Crippen molar-refractivity contribution >= 4 is 22.8 Å². The molecular formula is C29H32F3N5O2S. The summed E-state index contributed by atoms with van der Waals surface area (Å²) in [4.78, 5) is 15.1. The van der Waals surface area contributed by atoms with Crippen molar-refractivity contribution in [2.75, 3.05) is 11.2 Å². The smallest absolute Gasteiger partial charge is 0.416 e. The van der Waals surface area contributed by atoms with Gasteiger partial charge in [-0.05, 0) is 67.1 Å². The molecule has 40 heavy (non-hydrogen) atoms. The van der Waals surface area contributed by atoms with Crippen LogP contribution in [0.1, 0.15) is 77.5 Å². The number of anilines is 1. The third-order valence-electron chi connectivity index (χ3n) is 9.05. The number of benzene rings is 2. The summed E-state index contributed by atoms with van der Waals surface area (Å²) in [5.41, 5.74) is 0.599. The number of aromatic nitrogens is 3. The molecule has 11 heteroatoms. The number of aryl methyl sites for hydroxylation is 1. The molecule has 7 nitrogen and oxygen atoms in total. The van der Waals surface area contributed by atoms with Crippen molar-refractivity contribution in [3.63, 3.8) is 0 Å². The van der Waals surface area contributed by atoms with Crippen molar-refractivity contribution in [1.82, 2.24) is 20.1 Å². The van der Waals surface area contributed by atoms with Gasteiger partial charge in [-0.1, -0.05) is 23.3 Å². The van der Waals surface area contributed by atoms with E-state index in [-0.39, 0.29) is 35.0 Å². The Morgan fingerprint density at radius 2 is 1.95 bits per heavy atom. The van der Waals surface area contributed by atoms with Gasteiger partial charge in [0.1, 0.15) is 17.4 Å². The Labute approximate surface area is 234 Å². The molecule has 6 rings (SSSR count). The van der Waals surface area contributed by atoms with E-state index in [1.165, 1.54) is 11.0 Å². The zero-order chi connectivity index (χ0) is 28.4. The molecule has 1 atom stereocenters. The summed E-state index contributed by atoms with van der Waals surface area (Å²) in [5.74, 6) is 0.294. The SMILES string of the molecule is Cn1cnnc1[C@]1(c2cccc(N3Cc4c(cc(CNC5(C)CCC5)cc4C(F)(F)F)C3=O)c2)C[C@@H]([S@@+](C)[O-])C1. The molecule has 2 aliphatic carbocycles. The normalized spacial score (nSPS) is 24.4. The van der Waals surface area contributed by atoms with Crippen LogP contribution in [0.2, 0.25) is 0 Å². The highest BCUT2D eigenvalue weighted by atomic mass is 32.2. The van der Waals surface area contributed by atoms with Crippen LogP contribution in [0, 0.1) is 0 Å². The molecule has 1 amide bonds. The monoisotopic (exact) mass is 571 g/mol. The maximum absolute atomic E-state index is 14.2. The summed E-state index contributed by atoms with van der Waals surface area (Å²) >= 11 is -1.00. The Morgan fingerprint density at radius 1 is 1.20 bits per heavy atom. The maximum atomic E-state index is 14.2. The van der Waals surface area contributed by atoms with Crippen molar-refractivity contribution < 1.29 is 22.5 Å². The molecular weight excluding hydrogens is 539 g/mol. The number of rotatable bonds is 7. The number of halogens is 3. The van der Waals surface area contributed by atoms with Gasteiger partial charge in [0.25, 0.3) is 5.91 Å². The topological polar surface area (TPSA) is 86.1 Å². The quantitative estimate of drug-likeness (QED) is 0.410. The molecule has 0 saturated heterocycles. The molecule has 0 unspecified atom stereocenters. The third-order valence-corrected chi connectivity index (χ3v) is 10.3. The molecule has 2 saturated carbocycles. The molecule has 2 heterocycles. The largest absolute Gasteiger partial charge is 0.616 e. The van der Waals surface area contributed by atoms with Gasteiger partial charge in [0.15, 0.2) is 0 Å². The lowest BCUT2D eigenvalue weighted by atomic mass is 9.63. The van der Waals surface area contributed by atoms with Crippen molar-refractivity contribution in [3.05, 3.63) is 76.4 Å². The van der Waals surface area contributed by atoms with Gasteiger partial charge in [-0.2, -0.15) is 13.2 Å². The molecule has 2 aromatic carbocycles. The maximum Gasteiger partial charge on any atom is 0.416 e. The van der Waals surface area contributed by atoms with Crippen molar-refractivity contribution in [3.8, 4) is 0 Å². The zero-order valence-electron chi connectivity index (χ0n) is 22.7. The van der Waals surface area contributed by atoms with E-state index in [4.69, 9.17) is 0 Å². The highest BCUT2D eigenvalue weighted by Crippen LogP contribution is 2.51. The van der Waals surface area contributed by atoms with Gasteiger partial charge >= 0.3 is 6.18 Å². The number of hydrogen-bond acceptors (Lipinski definition) is 5. The summed E-state index contributed by atoms with van der Waals surface area (Å²) in [5, 5.41) is 11.8. The van der Waals surface area contributed by atoms with Gasteiger partial charge in [0, 0.05) is 43.2 Å². The van der Waals surface area contributed by atoms with Gasteiger partial charge in [-0.15, -0.1) is 10.2 Å². The fourth-order valence-corrected chi connectivity index (χ4v) is 7.46. The summed E-state index contributed by atoms with van der Waals surface area (Å²) < 4.78 is 56.7. The standard InChI is InChI=1S/C29H32F3N5O2S/c1-27(8-5-9-27)33-15-18-10-22-23(24(11-18)29(30,31)32)16-37(25(22)38)20-7-4-6-19(12-20)28(13-21(14-28)40(3)39)26-35-34-17-36(26)2/h4,6-7,10-12,17,21,33H,5,8-9,13-16H2,1-3H3/t21-,28-,40-/m1/s1. The van der Waals surface area contributed by atoms with Crippen LogP contribution in [-0.2, 0) is 42.9 Å². The average molecular weight is 572 g/mol. The Bertz CT molecular complexity index is 1460. The van der Waals surface area contributed by atoms with Gasteiger partial charge in [0.05, 0.1) is 23.8 Å². The van der Waals surface area contributed by atoms with E-state index >= 15 is 0 Å². The van der Waals surface area contributed by atoms with Crippen molar-refractivity contribution in [2.45, 2.75) is 74.5 Å². The van der Waals surface area contributed by atoms with E-state index in [0.717, 1.165) is 30.7 Å². The van der Waals surface area contributed by atoms with Gasteiger partial charge in [-0.3, -0.25) is 4.79 Å². The number of fused-ring (bicyclic) bond motifs is 1. The van der Waals surface area contributed by atoms with Crippen LogP contribution in [-0.4, -0.2) is 42.3 Å². The molecule has 2 fully saturated rings. The van der Waals surface area contributed by atoms with Crippen LogP contribution >= 0.6 is 0 Å². The van der Waals surface area contributed by atoms with Crippen LogP contribution < -0.4 is 10.2 Å². The number of carbonyl (C=O) groups is 1. The Morgan fingerprint density at radius 3 is 2.55 bits per heavy atom. The number of hydrogen-bond donors (Lipinski definition) is 1. The first-order chi connectivity index (χ1) is 18.9. The molecule has 0 bridgehead atoms. The predicted octanol–water partition coefficient (Wildman–Crippen LogP) is 4.85. The second-order valence-electron chi connectivity index (χ2n) is 11.8. The summed E-state index contributed by atoms with van der Waals surface area (Å²) in [6.45, 7) is 2.19. The minimum absolute atomic E-state index is 0.00148. The number of carbonyl (C=O) groups excluding carboxylic acids is 1. The van der Waals surface area contributed by atoms with E-state index in [2.05, 4.69) is 22.4 Å². The average Bonchev–Trinajstić information content (AvgIpc) is 3.43. The van der Waals surface area contributed by atoms with Crippen molar-refractivity contribution in [1.29, 1.82) is 0 Å². The predicted molar refractivity (Wildman–Crippen MR) is 146 cm³/mol. The first-order valence-electron chi connectivity index (χ1n) is 13.5. The molecule has 3 aliphatic rings. The van der Waals surface area contributed by atoms with E-state index in [1.807, 2.05) is 29.8 Å². The molecule has 1 aliphatic heterocycles. The fraction of sp³-hybridized carbons (Fsp3) is 0.483. The number of nitrogens with one attached hydrogen (secondary N) is 1. The van der Waals surface area contributed by atoms with Crippen LogP contribution in [0.5, 0.6) is 0 Å². The summed E-state index contributed by atoms with van der Waals surface area (Å²) in [6, 6.07) is 10.2. The van der Waals surface area contributed by atoms with Crippen LogP contribution in [0.15, 0.2) is 42.7 Å². The van der Waals surface area contributed by atoms with Gasteiger partial charge < -0.3 is 19.3 Å². The van der Waals surface area contributed by atoms with Crippen LogP contribution in [0.4, 0.5) is 18.9 Å². The molecule has 3 aromatic rings. The number of alkyl halides is 3. The van der Waals surface area contributed by atoms with Gasteiger partial charge in [-0.25, -0.2) is 0 Å². The zero-order valence-corrected chi connectivity index (χ0v) is 23.5. The molecule has 1 N–H and O–H groups in total. The van der Waals surface area contributed by atoms with E-state index in [1.54, 1.807) is 24.7 Å². The molecule has 0 radical (unpaired) electrons. The highest BCUT2D eigenvalue weighted by molar-refractivity contribution is 7.91. The molecule has 1 aromatic heterocycles. The van der Waals surface area contributed by atoms with E-state index in [9.17, 15) is 22.5 Å². The second kappa shape index (κ2) is 9.60. The first kappa shape index (κ1) is 27.3. The summed E-state index contributed by atoms with van der Waals surface area (Å²) in [6.07, 6.45) is 3.01. The van der Waals surface area contributed by atoms with Crippen LogP contribution in [0.3, 0.4) is 0 Å². The Kier molecular flexibility index (Phi) is 6.55. The third kappa shape index (κ3) is 4.52. The number of nitrogens with zero attached hydrogens (tertiary/aromatic N) is 4. The Hall–Kier alpha value is -2.89.